The third-order valence-electron chi connectivity index (χ3n) is 5.16. The van der Waals surface area contributed by atoms with Crippen molar-refractivity contribution in [1.29, 1.82) is 0 Å². The van der Waals surface area contributed by atoms with Crippen molar-refractivity contribution < 1.29 is 28.2 Å². The van der Waals surface area contributed by atoms with Crippen molar-refractivity contribution in [3.63, 3.8) is 0 Å². The number of nitrogens with zero attached hydrogens (tertiary/aromatic N) is 3. The number of carbonyl (C=O) groups excluding carboxylic acids is 1. The van der Waals surface area contributed by atoms with Gasteiger partial charge in [-0.25, -0.2) is 9.37 Å². The highest BCUT2D eigenvalue weighted by molar-refractivity contribution is 6.32. The molecule has 0 bridgehead atoms. The van der Waals surface area contributed by atoms with Gasteiger partial charge < -0.3 is 24.9 Å². The van der Waals surface area contributed by atoms with E-state index in [4.69, 9.17) is 37.5 Å². The smallest absolute Gasteiger partial charge is 0.320 e. The van der Waals surface area contributed by atoms with Crippen molar-refractivity contribution in [1.82, 2.24) is 15.2 Å². The molecule has 13 heteroatoms. The van der Waals surface area contributed by atoms with Crippen molar-refractivity contribution in [2.45, 2.75) is 31.8 Å². The third-order valence-corrected chi connectivity index (χ3v) is 5.72. The fourth-order valence-corrected chi connectivity index (χ4v) is 3.80. The zero-order chi connectivity index (χ0) is 24.2. The maximum atomic E-state index is 13.3. The Balaban J connectivity index is 1.34. The number of benzene rings is 1. The maximum Gasteiger partial charge on any atom is 0.320 e. The van der Waals surface area contributed by atoms with Gasteiger partial charge in [0.1, 0.15) is 16.9 Å². The fourth-order valence-electron chi connectivity index (χ4n) is 3.41. The summed E-state index contributed by atoms with van der Waals surface area (Å²) in [6, 6.07) is 5.28. The van der Waals surface area contributed by atoms with E-state index in [9.17, 15) is 14.0 Å². The number of carboxylic acids is 1. The average Bonchev–Trinajstić information content (AvgIpc) is 3.27. The Morgan fingerprint density at radius 2 is 1.82 bits per heavy atom. The van der Waals surface area contributed by atoms with Crippen LogP contribution in [0.15, 0.2) is 34.9 Å². The van der Waals surface area contributed by atoms with Crippen LogP contribution in [0.25, 0.3) is 0 Å². The lowest BCUT2D eigenvalue weighted by molar-refractivity contribution is -0.143. The molecule has 0 radical (unpaired) electrons. The Morgan fingerprint density at radius 3 is 2.50 bits per heavy atom. The van der Waals surface area contributed by atoms with Crippen molar-refractivity contribution in [2.75, 3.05) is 10.6 Å². The van der Waals surface area contributed by atoms with Gasteiger partial charge in [0, 0.05) is 5.69 Å². The van der Waals surface area contributed by atoms with Gasteiger partial charge in [0.25, 0.3) is 0 Å². The minimum atomic E-state index is -0.793. The van der Waals surface area contributed by atoms with Crippen molar-refractivity contribution in [2.24, 2.45) is 5.92 Å². The number of ether oxygens (including phenoxy) is 1. The molecule has 4 rings (SSSR count). The second-order valence-corrected chi connectivity index (χ2v) is 8.38. The summed E-state index contributed by atoms with van der Waals surface area (Å²) in [7, 11) is 0. The highest BCUT2D eigenvalue weighted by Crippen LogP contribution is 2.31. The molecule has 2 heterocycles. The molecule has 3 N–H and O–H groups in total. The zero-order valence-corrected chi connectivity index (χ0v) is 18.9. The summed E-state index contributed by atoms with van der Waals surface area (Å²) in [5.74, 6) is -2.56. The Morgan fingerprint density at radius 1 is 1.09 bits per heavy atom. The molecule has 1 amide bonds. The van der Waals surface area contributed by atoms with Gasteiger partial charge in [-0.15, -0.1) is 5.10 Å². The molecule has 10 nitrogen and oxygen atoms in total. The second-order valence-electron chi connectivity index (χ2n) is 7.56. The van der Waals surface area contributed by atoms with Crippen molar-refractivity contribution in [3.8, 4) is 5.88 Å². The van der Waals surface area contributed by atoms with Gasteiger partial charge in [0.05, 0.1) is 22.8 Å². The molecule has 2 aromatic heterocycles. The Hall–Kier alpha value is -3.44. The van der Waals surface area contributed by atoms with Gasteiger partial charge in [-0.1, -0.05) is 28.3 Å². The zero-order valence-electron chi connectivity index (χ0n) is 17.4. The standard InChI is InChI=1S/C21H18Cl2FN5O5/c22-14-7-11(3-6-16(14)24)27-21-29-28-19(34-21)17(30)26-12-8-15(23)18(25-9-12)33-13-4-1-10(2-5-13)20(31)32/h3,6-10,13H,1-2,4-5H2,(H,26,30)(H,27,29)(H,31,32)/t10-,13+. The molecule has 0 spiro atoms. The van der Waals surface area contributed by atoms with Gasteiger partial charge in [0.2, 0.25) is 5.88 Å². The number of carbonyl (C=O) groups is 2. The number of hydrogen-bond donors (Lipinski definition) is 3. The van der Waals surface area contributed by atoms with Crippen molar-refractivity contribution >= 4 is 52.5 Å². The Labute approximate surface area is 202 Å². The normalized spacial score (nSPS) is 17.7. The van der Waals surface area contributed by atoms with Gasteiger partial charge in [-0.3, -0.25) is 9.59 Å². The van der Waals surface area contributed by atoms with Crippen LogP contribution in [-0.4, -0.2) is 38.3 Å². The van der Waals surface area contributed by atoms with E-state index in [1.54, 1.807) is 0 Å². The molecule has 1 aliphatic rings. The van der Waals surface area contributed by atoms with E-state index in [-0.39, 0.29) is 45.5 Å². The monoisotopic (exact) mass is 509 g/mol. The summed E-state index contributed by atoms with van der Waals surface area (Å²) in [4.78, 5) is 27.6. The SMILES string of the molecule is O=C(Nc1cnc(O[C@H]2CC[C@@H](C(=O)O)CC2)c(Cl)c1)c1nnc(Nc2ccc(F)c(Cl)c2)o1. The molecule has 0 unspecified atom stereocenters. The van der Waals surface area contributed by atoms with Crippen LogP contribution in [0.5, 0.6) is 5.88 Å². The topological polar surface area (TPSA) is 139 Å². The first-order valence-corrected chi connectivity index (χ1v) is 11.0. The first-order chi connectivity index (χ1) is 16.3. The number of aromatic nitrogens is 3. The summed E-state index contributed by atoms with van der Waals surface area (Å²) in [6.45, 7) is 0. The number of amides is 1. The van der Waals surface area contributed by atoms with Gasteiger partial charge in [-0.2, -0.15) is 0 Å². The molecular weight excluding hydrogens is 492 g/mol. The Bertz CT molecular complexity index is 1220. The fraction of sp³-hybridized carbons (Fsp3) is 0.286. The second kappa shape index (κ2) is 10.2. The molecule has 0 aliphatic heterocycles. The summed E-state index contributed by atoms with van der Waals surface area (Å²) in [5, 5.41) is 21.8. The summed E-state index contributed by atoms with van der Waals surface area (Å²) < 4.78 is 24.3. The highest BCUT2D eigenvalue weighted by Gasteiger charge is 2.27. The van der Waals surface area contributed by atoms with E-state index < -0.39 is 17.7 Å². The molecule has 1 saturated carbocycles. The molecule has 1 aliphatic carbocycles. The molecule has 1 fully saturated rings. The van der Waals surface area contributed by atoms with E-state index >= 15 is 0 Å². The molecule has 3 aromatic rings. The summed E-state index contributed by atoms with van der Waals surface area (Å²) in [5.41, 5.74) is 0.667. The summed E-state index contributed by atoms with van der Waals surface area (Å²) in [6.07, 6.45) is 3.41. The van der Waals surface area contributed by atoms with E-state index in [2.05, 4.69) is 25.8 Å². The first-order valence-electron chi connectivity index (χ1n) is 10.2. The number of halogens is 3. The lowest BCUT2D eigenvalue weighted by Crippen LogP contribution is -2.28. The molecule has 1 aromatic carbocycles. The van der Waals surface area contributed by atoms with E-state index in [1.165, 1.54) is 30.5 Å². The lowest BCUT2D eigenvalue weighted by Gasteiger charge is -2.26. The molecule has 0 atom stereocenters. The van der Waals surface area contributed by atoms with Crippen LogP contribution in [0, 0.1) is 11.7 Å². The van der Waals surface area contributed by atoms with Gasteiger partial charge in [-0.05, 0) is 49.9 Å². The number of carboxylic acid groups (broad SMARTS) is 1. The van der Waals surface area contributed by atoms with Crippen LogP contribution in [0.4, 0.5) is 21.8 Å². The predicted octanol–water partition coefficient (Wildman–Crippen LogP) is 4.93. The van der Waals surface area contributed by atoms with E-state index in [0.717, 1.165) is 0 Å². The third kappa shape index (κ3) is 5.72. The average molecular weight is 510 g/mol. The van der Waals surface area contributed by atoms with Crippen LogP contribution in [0.1, 0.15) is 36.4 Å². The minimum absolute atomic E-state index is 0.0905. The summed E-state index contributed by atoms with van der Waals surface area (Å²) >= 11 is 12.0. The van der Waals surface area contributed by atoms with Crippen LogP contribution in [0.2, 0.25) is 10.0 Å². The highest BCUT2D eigenvalue weighted by atomic mass is 35.5. The van der Waals surface area contributed by atoms with E-state index in [0.29, 0.717) is 31.4 Å². The van der Waals surface area contributed by atoms with Gasteiger partial charge >= 0.3 is 23.8 Å². The quantitative estimate of drug-likeness (QED) is 0.404. The van der Waals surface area contributed by atoms with Crippen molar-refractivity contribution in [3.05, 3.63) is 52.2 Å². The van der Waals surface area contributed by atoms with Crippen LogP contribution < -0.4 is 15.4 Å². The number of pyridine rings is 1. The maximum absolute atomic E-state index is 13.3. The Kier molecular flexibility index (Phi) is 7.13. The molecule has 34 heavy (non-hydrogen) atoms. The number of nitrogens with one attached hydrogen (secondary N) is 2. The molecule has 178 valence electrons. The number of hydrogen-bond acceptors (Lipinski definition) is 8. The van der Waals surface area contributed by atoms with Gasteiger partial charge in [0.15, 0.2) is 0 Å². The molecule has 0 saturated heterocycles. The number of aliphatic carboxylic acids is 1. The molecular formula is C21H18Cl2FN5O5. The van der Waals surface area contributed by atoms with Crippen LogP contribution in [0.3, 0.4) is 0 Å². The van der Waals surface area contributed by atoms with E-state index in [1.807, 2.05) is 0 Å². The number of anilines is 3. The lowest BCUT2D eigenvalue weighted by atomic mass is 9.87. The minimum Gasteiger partial charge on any atom is -0.481 e. The predicted molar refractivity (Wildman–Crippen MR) is 120 cm³/mol. The van der Waals surface area contributed by atoms with Crippen LogP contribution in [-0.2, 0) is 4.79 Å². The number of rotatable bonds is 7. The largest absolute Gasteiger partial charge is 0.481 e. The first kappa shape index (κ1) is 23.7. The van der Waals surface area contributed by atoms with Crippen LogP contribution >= 0.6 is 23.2 Å².